The maximum absolute atomic E-state index is 12.8. The van der Waals surface area contributed by atoms with E-state index in [0.29, 0.717) is 22.8 Å². The molecule has 1 amide bonds. The number of rotatable bonds is 8. The average Bonchev–Trinajstić information content (AvgIpc) is 3.12. The van der Waals surface area contributed by atoms with Gasteiger partial charge in [-0.15, -0.1) is 10.2 Å². The van der Waals surface area contributed by atoms with Gasteiger partial charge in [-0.1, -0.05) is 69.8 Å². The number of ether oxygens (including phenoxy) is 1. The number of para-hydroxylation sites is 2. The van der Waals surface area contributed by atoms with E-state index < -0.39 is 0 Å². The molecule has 0 fully saturated rings. The van der Waals surface area contributed by atoms with Gasteiger partial charge < -0.3 is 14.6 Å². The Morgan fingerprint density at radius 1 is 1.03 bits per heavy atom. The van der Waals surface area contributed by atoms with E-state index in [4.69, 9.17) is 4.74 Å². The number of hydrogen-bond donors (Lipinski definition) is 1. The van der Waals surface area contributed by atoms with Crippen molar-refractivity contribution < 1.29 is 9.53 Å². The minimum absolute atomic E-state index is 0.0539. The van der Waals surface area contributed by atoms with Crippen LogP contribution in [0.4, 0.5) is 5.69 Å². The number of amides is 1. The Bertz CT molecular complexity index is 1030. The van der Waals surface area contributed by atoms with Crippen molar-refractivity contribution in [1.82, 2.24) is 14.8 Å². The molecule has 0 aliphatic heterocycles. The molecule has 0 aliphatic carbocycles. The van der Waals surface area contributed by atoms with Crippen molar-refractivity contribution in [2.24, 2.45) is 7.05 Å². The van der Waals surface area contributed by atoms with Crippen molar-refractivity contribution >= 4 is 23.4 Å². The second kappa shape index (κ2) is 10.0. The van der Waals surface area contributed by atoms with Gasteiger partial charge in [-0.3, -0.25) is 4.79 Å². The molecular weight excluding hydrogens is 408 g/mol. The van der Waals surface area contributed by atoms with Crippen molar-refractivity contribution in [2.75, 3.05) is 18.2 Å². The molecule has 0 bridgehead atoms. The smallest absolute Gasteiger partial charge is 0.234 e. The summed E-state index contributed by atoms with van der Waals surface area (Å²) >= 11 is 1.37. The summed E-state index contributed by atoms with van der Waals surface area (Å²) in [6, 6.07) is 13.9. The van der Waals surface area contributed by atoms with Gasteiger partial charge in [0.25, 0.3) is 0 Å². The van der Waals surface area contributed by atoms with E-state index in [-0.39, 0.29) is 11.7 Å². The van der Waals surface area contributed by atoms with Crippen LogP contribution in [0.5, 0.6) is 5.75 Å². The third kappa shape index (κ3) is 5.10. The first kappa shape index (κ1) is 22.9. The summed E-state index contributed by atoms with van der Waals surface area (Å²) in [6.07, 6.45) is 0. The van der Waals surface area contributed by atoms with Crippen molar-refractivity contribution in [3.63, 3.8) is 0 Å². The molecule has 0 spiro atoms. The third-order valence-corrected chi connectivity index (χ3v) is 6.17. The summed E-state index contributed by atoms with van der Waals surface area (Å²) in [6.45, 7) is 8.57. The highest BCUT2D eigenvalue weighted by atomic mass is 32.2. The van der Waals surface area contributed by atoms with Crippen LogP contribution in [0.15, 0.2) is 47.6 Å². The van der Waals surface area contributed by atoms with E-state index in [1.807, 2.05) is 35.9 Å². The van der Waals surface area contributed by atoms with Gasteiger partial charge in [0.05, 0.1) is 18.4 Å². The largest absolute Gasteiger partial charge is 0.496 e. The summed E-state index contributed by atoms with van der Waals surface area (Å²) in [5.74, 6) is 2.28. The van der Waals surface area contributed by atoms with Gasteiger partial charge in [0.15, 0.2) is 11.0 Å². The molecule has 3 aromatic rings. The van der Waals surface area contributed by atoms with Gasteiger partial charge in [-0.05, 0) is 35.1 Å². The SMILES string of the molecule is COc1ccccc1-c1nnc(SCC(=O)Nc2c(C(C)C)cccc2C(C)C)n1C. The summed E-state index contributed by atoms with van der Waals surface area (Å²) in [5.41, 5.74) is 4.11. The standard InChI is InChI=1S/C24H30N4O2S/c1-15(2)17-11-9-12-18(16(3)4)22(17)25-21(29)14-31-24-27-26-23(28(24)5)19-10-7-8-13-20(19)30-6/h7-13,15-16H,14H2,1-6H3,(H,25,29). The molecule has 1 aromatic heterocycles. The summed E-state index contributed by atoms with van der Waals surface area (Å²) < 4.78 is 7.32. The lowest BCUT2D eigenvalue weighted by atomic mass is 9.92. The molecule has 2 aromatic carbocycles. The molecule has 164 valence electrons. The van der Waals surface area contributed by atoms with Gasteiger partial charge >= 0.3 is 0 Å². The van der Waals surface area contributed by atoms with E-state index in [9.17, 15) is 4.79 Å². The lowest BCUT2D eigenvalue weighted by Gasteiger charge is -2.20. The average molecular weight is 439 g/mol. The van der Waals surface area contributed by atoms with Crippen molar-refractivity contribution in [3.05, 3.63) is 53.6 Å². The van der Waals surface area contributed by atoms with Crippen LogP contribution in [-0.2, 0) is 11.8 Å². The lowest BCUT2D eigenvalue weighted by molar-refractivity contribution is -0.113. The molecule has 0 atom stereocenters. The quantitative estimate of drug-likeness (QED) is 0.472. The Kier molecular flexibility index (Phi) is 7.38. The number of nitrogens with zero attached hydrogens (tertiary/aromatic N) is 3. The molecular formula is C24H30N4O2S. The fraction of sp³-hybridized carbons (Fsp3) is 0.375. The van der Waals surface area contributed by atoms with E-state index in [1.165, 1.54) is 11.8 Å². The number of thioether (sulfide) groups is 1. The zero-order valence-electron chi connectivity index (χ0n) is 19.0. The van der Waals surface area contributed by atoms with E-state index >= 15 is 0 Å². The van der Waals surface area contributed by atoms with E-state index in [2.05, 4.69) is 61.4 Å². The number of methoxy groups -OCH3 is 1. The third-order valence-electron chi connectivity index (χ3n) is 5.15. The first-order valence-corrected chi connectivity index (χ1v) is 11.4. The zero-order valence-corrected chi connectivity index (χ0v) is 19.8. The second-order valence-electron chi connectivity index (χ2n) is 8.02. The molecule has 0 saturated carbocycles. The van der Waals surface area contributed by atoms with E-state index in [1.54, 1.807) is 7.11 Å². The van der Waals surface area contributed by atoms with Crippen LogP contribution in [0.3, 0.4) is 0 Å². The second-order valence-corrected chi connectivity index (χ2v) is 8.97. The number of benzene rings is 2. The summed E-state index contributed by atoms with van der Waals surface area (Å²) in [4.78, 5) is 12.8. The molecule has 7 heteroatoms. The van der Waals surface area contributed by atoms with Crippen LogP contribution in [-0.4, -0.2) is 33.5 Å². The Hall–Kier alpha value is -2.80. The lowest BCUT2D eigenvalue weighted by Crippen LogP contribution is -2.18. The maximum atomic E-state index is 12.8. The topological polar surface area (TPSA) is 69.0 Å². The first-order valence-electron chi connectivity index (χ1n) is 10.4. The van der Waals surface area contributed by atoms with Gasteiger partial charge in [0, 0.05) is 12.7 Å². The number of nitrogens with one attached hydrogen (secondary N) is 1. The maximum Gasteiger partial charge on any atom is 0.234 e. The van der Waals surface area contributed by atoms with Gasteiger partial charge in [0.1, 0.15) is 5.75 Å². The molecule has 0 unspecified atom stereocenters. The molecule has 31 heavy (non-hydrogen) atoms. The summed E-state index contributed by atoms with van der Waals surface area (Å²) in [7, 11) is 3.53. The predicted octanol–water partition coefficient (Wildman–Crippen LogP) is 5.47. The highest BCUT2D eigenvalue weighted by Crippen LogP contribution is 2.33. The molecule has 0 aliphatic rings. The van der Waals surface area contributed by atoms with Crippen LogP contribution in [0.25, 0.3) is 11.4 Å². The minimum atomic E-state index is -0.0539. The molecule has 0 radical (unpaired) electrons. The van der Waals surface area contributed by atoms with Crippen LogP contribution < -0.4 is 10.1 Å². The van der Waals surface area contributed by atoms with Gasteiger partial charge in [-0.25, -0.2) is 0 Å². The number of anilines is 1. The first-order chi connectivity index (χ1) is 14.8. The Balaban J connectivity index is 1.75. The molecule has 6 nitrogen and oxygen atoms in total. The number of aromatic nitrogens is 3. The summed E-state index contributed by atoms with van der Waals surface area (Å²) in [5, 5.41) is 12.4. The Morgan fingerprint density at radius 2 is 1.68 bits per heavy atom. The number of hydrogen-bond acceptors (Lipinski definition) is 5. The van der Waals surface area contributed by atoms with Crippen molar-refractivity contribution in [2.45, 2.75) is 44.7 Å². The Labute approximate surface area is 188 Å². The van der Waals surface area contributed by atoms with Gasteiger partial charge in [-0.2, -0.15) is 0 Å². The Morgan fingerprint density at radius 3 is 2.29 bits per heavy atom. The zero-order chi connectivity index (χ0) is 22.5. The fourth-order valence-corrected chi connectivity index (χ4v) is 4.22. The van der Waals surface area contributed by atoms with Crippen LogP contribution in [0.2, 0.25) is 0 Å². The molecule has 1 N–H and O–H groups in total. The molecule has 0 saturated heterocycles. The molecule has 1 heterocycles. The van der Waals surface area contributed by atoms with E-state index in [0.717, 1.165) is 28.1 Å². The number of carbonyl (C=O) groups excluding carboxylic acids is 1. The van der Waals surface area contributed by atoms with Crippen molar-refractivity contribution in [3.8, 4) is 17.1 Å². The van der Waals surface area contributed by atoms with Crippen molar-refractivity contribution in [1.29, 1.82) is 0 Å². The van der Waals surface area contributed by atoms with Crippen LogP contribution in [0, 0.1) is 0 Å². The number of carbonyl (C=O) groups is 1. The normalized spacial score (nSPS) is 11.2. The van der Waals surface area contributed by atoms with Gasteiger partial charge in [0.2, 0.25) is 5.91 Å². The van der Waals surface area contributed by atoms with Crippen LogP contribution >= 0.6 is 11.8 Å². The predicted molar refractivity (Wildman–Crippen MR) is 127 cm³/mol. The van der Waals surface area contributed by atoms with Crippen LogP contribution in [0.1, 0.15) is 50.7 Å². The fourth-order valence-electron chi connectivity index (χ4n) is 3.51. The highest BCUT2D eigenvalue weighted by Gasteiger charge is 2.18. The highest BCUT2D eigenvalue weighted by molar-refractivity contribution is 7.99. The monoisotopic (exact) mass is 438 g/mol. The molecule has 3 rings (SSSR count). The minimum Gasteiger partial charge on any atom is -0.496 e.